The van der Waals surface area contributed by atoms with Gasteiger partial charge < -0.3 is 10.1 Å². The Labute approximate surface area is 118 Å². The van der Waals surface area contributed by atoms with E-state index in [-0.39, 0.29) is 0 Å². The molecule has 19 heavy (non-hydrogen) atoms. The SMILES string of the molecule is CCOCC(NC(C)c1cc(C)cc(C)c1)C(C)C. The number of benzene rings is 1. The van der Waals surface area contributed by atoms with Crippen LogP contribution >= 0.6 is 0 Å². The fourth-order valence-electron chi connectivity index (χ4n) is 2.36. The van der Waals surface area contributed by atoms with E-state index >= 15 is 0 Å². The first-order chi connectivity index (χ1) is 8.93. The molecular formula is C17H29NO. The standard InChI is InChI=1S/C17H29NO/c1-7-19-11-17(12(2)3)18-15(6)16-9-13(4)8-14(5)10-16/h8-10,12,15,17-18H,7,11H2,1-6H3. The molecule has 108 valence electrons. The molecule has 0 radical (unpaired) electrons. The highest BCUT2D eigenvalue weighted by Crippen LogP contribution is 2.18. The number of hydrogen-bond acceptors (Lipinski definition) is 2. The van der Waals surface area contributed by atoms with Crippen molar-refractivity contribution in [2.24, 2.45) is 5.92 Å². The minimum Gasteiger partial charge on any atom is -0.380 e. The predicted octanol–water partition coefficient (Wildman–Crippen LogP) is 4.02. The maximum atomic E-state index is 5.58. The fraction of sp³-hybridized carbons (Fsp3) is 0.647. The largest absolute Gasteiger partial charge is 0.380 e. The maximum Gasteiger partial charge on any atom is 0.0622 e. The van der Waals surface area contributed by atoms with Crippen molar-refractivity contribution in [3.63, 3.8) is 0 Å². The highest BCUT2D eigenvalue weighted by molar-refractivity contribution is 5.30. The van der Waals surface area contributed by atoms with Gasteiger partial charge >= 0.3 is 0 Å². The second-order valence-electron chi connectivity index (χ2n) is 5.82. The van der Waals surface area contributed by atoms with Gasteiger partial charge in [-0.2, -0.15) is 0 Å². The van der Waals surface area contributed by atoms with Crippen LogP contribution in [0.4, 0.5) is 0 Å². The fourth-order valence-corrected chi connectivity index (χ4v) is 2.36. The monoisotopic (exact) mass is 263 g/mol. The molecule has 1 N–H and O–H groups in total. The quantitative estimate of drug-likeness (QED) is 0.802. The van der Waals surface area contributed by atoms with Crippen molar-refractivity contribution in [3.8, 4) is 0 Å². The number of nitrogens with one attached hydrogen (secondary N) is 1. The summed E-state index contributed by atoms with van der Waals surface area (Å²) in [6.07, 6.45) is 0. The normalized spacial score (nSPS) is 14.7. The summed E-state index contributed by atoms with van der Waals surface area (Å²) in [7, 11) is 0. The van der Waals surface area contributed by atoms with Crippen LogP contribution in [0.5, 0.6) is 0 Å². The number of rotatable bonds is 7. The molecule has 2 atom stereocenters. The molecule has 1 aromatic rings. The van der Waals surface area contributed by atoms with Gasteiger partial charge in [0.05, 0.1) is 6.61 Å². The van der Waals surface area contributed by atoms with Crippen molar-refractivity contribution in [2.75, 3.05) is 13.2 Å². The zero-order valence-corrected chi connectivity index (χ0v) is 13.3. The van der Waals surface area contributed by atoms with Gasteiger partial charge in [-0.25, -0.2) is 0 Å². The minimum atomic E-state index is 0.353. The lowest BCUT2D eigenvalue weighted by atomic mass is 9.99. The van der Waals surface area contributed by atoms with E-state index < -0.39 is 0 Å². The molecule has 2 nitrogen and oxygen atoms in total. The lowest BCUT2D eigenvalue weighted by Crippen LogP contribution is -2.39. The third-order valence-corrected chi connectivity index (χ3v) is 3.51. The Morgan fingerprint density at radius 2 is 1.63 bits per heavy atom. The molecule has 0 aliphatic rings. The molecule has 0 bridgehead atoms. The summed E-state index contributed by atoms with van der Waals surface area (Å²) in [5.74, 6) is 0.569. The molecule has 0 fully saturated rings. The molecule has 0 saturated carbocycles. The molecule has 0 spiro atoms. The van der Waals surface area contributed by atoms with Crippen molar-refractivity contribution in [3.05, 3.63) is 34.9 Å². The second kappa shape index (κ2) is 7.66. The molecule has 1 rings (SSSR count). The average Bonchev–Trinajstić information content (AvgIpc) is 2.32. The smallest absolute Gasteiger partial charge is 0.0622 e. The third-order valence-electron chi connectivity index (χ3n) is 3.51. The van der Waals surface area contributed by atoms with E-state index in [1.54, 1.807) is 0 Å². The lowest BCUT2D eigenvalue weighted by molar-refractivity contribution is 0.104. The molecule has 0 heterocycles. The van der Waals surface area contributed by atoms with E-state index in [2.05, 4.69) is 58.1 Å². The van der Waals surface area contributed by atoms with Crippen LogP contribution in [0.3, 0.4) is 0 Å². The van der Waals surface area contributed by atoms with Crippen molar-refractivity contribution < 1.29 is 4.74 Å². The van der Waals surface area contributed by atoms with E-state index in [0.29, 0.717) is 18.0 Å². The summed E-state index contributed by atoms with van der Waals surface area (Å²) in [6, 6.07) is 7.50. The highest BCUT2D eigenvalue weighted by atomic mass is 16.5. The van der Waals surface area contributed by atoms with Crippen molar-refractivity contribution >= 4 is 0 Å². The third kappa shape index (κ3) is 5.33. The molecule has 0 saturated heterocycles. The van der Waals surface area contributed by atoms with Crippen LogP contribution in [0.15, 0.2) is 18.2 Å². The van der Waals surface area contributed by atoms with Gasteiger partial charge in [-0.05, 0) is 39.2 Å². The second-order valence-corrected chi connectivity index (χ2v) is 5.82. The van der Waals surface area contributed by atoms with Gasteiger partial charge in [0.2, 0.25) is 0 Å². The summed E-state index contributed by atoms with van der Waals surface area (Å²) >= 11 is 0. The first-order valence-electron chi connectivity index (χ1n) is 7.36. The zero-order valence-electron chi connectivity index (χ0n) is 13.3. The Morgan fingerprint density at radius 1 is 1.05 bits per heavy atom. The van der Waals surface area contributed by atoms with Crippen LogP contribution in [-0.4, -0.2) is 19.3 Å². The Hall–Kier alpha value is -0.860. The summed E-state index contributed by atoms with van der Waals surface area (Å²) in [6.45, 7) is 14.6. The van der Waals surface area contributed by atoms with Gasteiger partial charge in [0, 0.05) is 18.7 Å². The van der Waals surface area contributed by atoms with E-state index in [0.717, 1.165) is 13.2 Å². The predicted molar refractivity (Wildman–Crippen MR) is 82.6 cm³/mol. The van der Waals surface area contributed by atoms with Crippen LogP contribution in [0, 0.1) is 19.8 Å². The van der Waals surface area contributed by atoms with Crippen LogP contribution in [0.25, 0.3) is 0 Å². The molecule has 1 aromatic carbocycles. The Kier molecular flexibility index (Phi) is 6.53. The molecule has 0 aromatic heterocycles. The molecule has 2 unspecified atom stereocenters. The Morgan fingerprint density at radius 3 is 2.11 bits per heavy atom. The molecule has 2 heteroatoms. The first-order valence-corrected chi connectivity index (χ1v) is 7.36. The minimum absolute atomic E-state index is 0.353. The Balaban J connectivity index is 2.72. The van der Waals surface area contributed by atoms with Crippen molar-refractivity contribution in [2.45, 2.75) is 53.6 Å². The molecule has 0 aliphatic heterocycles. The number of ether oxygens (including phenoxy) is 1. The van der Waals surface area contributed by atoms with E-state index in [1.807, 2.05) is 6.92 Å². The highest BCUT2D eigenvalue weighted by Gasteiger charge is 2.17. The van der Waals surface area contributed by atoms with Crippen LogP contribution in [-0.2, 0) is 4.74 Å². The van der Waals surface area contributed by atoms with Gasteiger partial charge in [-0.1, -0.05) is 43.2 Å². The topological polar surface area (TPSA) is 21.3 Å². The van der Waals surface area contributed by atoms with Gasteiger partial charge in [-0.3, -0.25) is 0 Å². The van der Waals surface area contributed by atoms with Gasteiger partial charge in [0.15, 0.2) is 0 Å². The average molecular weight is 263 g/mol. The van der Waals surface area contributed by atoms with Crippen LogP contribution in [0.2, 0.25) is 0 Å². The maximum absolute atomic E-state index is 5.58. The lowest BCUT2D eigenvalue weighted by Gasteiger charge is -2.27. The van der Waals surface area contributed by atoms with E-state index in [9.17, 15) is 0 Å². The van der Waals surface area contributed by atoms with Gasteiger partial charge in [-0.15, -0.1) is 0 Å². The van der Waals surface area contributed by atoms with Gasteiger partial charge in [0.25, 0.3) is 0 Å². The molecule has 0 aliphatic carbocycles. The molecule has 0 amide bonds. The number of aryl methyl sites for hydroxylation is 2. The van der Waals surface area contributed by atoms with Crippen LogP contribution in [0.1, 0.15) is 50.4 Å². The summed E-state index contributed by atoms with van der Waals surface area (Å²) in [5.41, 5.74) is 4.02. The Bertz CT molecular complexity index is 367. The number of hydrogen-bond donors (Lipinski definition) is 1. The first kappa shape index (κ1) is 16.2. The van der Waals surface area contributed by atoms with E-state index in [1.165, 1.54) is 16.7 Å². The molecular weight excluding hydrogens is 234 g/mol. The zero-order chi connectivity index (χ0) is 14.4. The van der Waals surface area contributed by atoms with Crippen LogP contribution < -0.4 is 5.32 Å². The summed E-state index contributed by atoms with van der Waals surface area (Å²) < 4.78 is 5.58. The summed E-state index contributed by atoms with van der Waals surface area (Å²) in [5, 5.41) is 3.70. The van der Waals surface area contributed by atoms with E-state index in [4.69, 9.17) is 4.74 Å². The van der Waals surface area contributed by atoms with Gasteiger partial charge in [0.1, 0.15) is 0 Å². The van der Waals surface area contributed by atoms with Crippen molar-refractivity contribution in [1.29, 1.82) is 0 Å². The van der Waals surface area contributed by atoms with Crippen molar-refractivity contribution in [1.82, 2.24) is 5.32 Å². The summed E-state index contributed by atoms with van der Waals surface area (Å²) in [4.78, 5) is 0.